The molecule has 0 spiro atoms. The van der Waals surface area contributed by atoms with Crippen LogP contribution in [0.2, 0.25) is 0 Å². The molecule has 3 nitrogen and oxygen atoms in total. The fourth-order valence-corrected chi connectivity index (χ4v) is 4.26. The van der Waals surface area contributed by atoms with Crippen molar-refractivity contribution in [2.45, 2.75) is 56.7 Å². The average molecular weight is 389 g/mol. The maximum absolute atomic E-state index is 13.9. The van der Waals surface area contributed by atoms with Gasteiger partial charge in [-0.3, -0.25) is 0 Å². The lowest BCUT2D eigenvalue weighted by atomic mass is 9.79. The first-order valence-electron chi connectivity index (χ1n) is 9.53. The second-order valence-electron chi connectivity index (χ2n) is 8.47. The van der Waals surface area contributed by atoms with Crippen molar-refractivity contribution in [2.24, 2.45) is 5.92 Å². The van der Waals surface area contributed by atoms with E-state index in [0.717, 1.165) is 29.9 Å². The largest absolute Gasteiger partial charge is 0.598 e. The van der Waals surface area contributed by atoms with Gasteiger partial charge in [0.25, 0.3) is 0 Å². The van der Waals surface area contributed by atoms with Crippen LogP contribution in [0.15, 0.2) is 48.5 Å². The summed E-state index contributed by atoms with van der Waals surface area (Å²) in [5, 5.41) is 0. The summed E-state index contributed by atoms with van der Waals surface area (Å²) in [6.07, 6.45) is 4.31. The van der Waals surface area contributed by atoms with Gasteiger partial charge in [0.15, 0.2) is 0 Å². The van der Waals surface area contributed by atoms with Gasteiger partial charge in [-0.25, -0.2) is 4.39 Å². The molecule has 146 valence electrons. The van der Waals surface area contributed by atoms with E-state index in [9.17, 15) is 8.94 Å². The Balaban J connectivity index is 2.11. The summed E-state index contributed by atoms with van der Waals surface area (Å²) in [6.45, 7) is 5.85. The lowest BCUT2D eigenvalue weighted by Gasteiger charge is -2.39. The van der Waals surface area contributed by atoms with Crippen LogP contribution >= 0.6 is 0 Å². The Hall–Kier alpha value is -1.56. The van der Waals surface area contributed by atoms with Crippen LogP contribution in [0, 0.1) is 11.7 Å². The minimum absolute atomic E-state index is 0.113. The van der Waals surface area contributed by atoms with Gasteiger partial charge in [-0.15, -0.1) is 4.72 Å². The van der Waals surface area contributed by atoms with Gasteiger partial charge in [0.05, 0.1) is 5.69 Å². The molecule has 0 aliphatic heterocycles. The molecule has 2 aromatic carbocycles. The maximum Gasteiger partial charge on any atom is 0.146 e. The third kappa shape index (κ3) is 4.65. The Labute approximate surface area is 164 Å². The fourth-order valence-electron chi connectivity index (χ4n) is 3.29. The first kappa shape index (κ1) is 20.2. The zero-order valence-electron chi connectivity index (χ0n) is 16.3. The Kier molecular flexibility index (Phi) is 5.84. The summed E-state index contributed by atoms with van der Waals surface area (Å²) in [5.74, 6) is 0.288. The monoisotopic (exact) mass is 388 g/mol. The maximum atomic E-state index is 13.9. The second kappa shape index (κ2) is 7.82. The molecule has 0 saturated heterocycles. The molecule has 2 aromatic rings. The highest BCUT2D eigenvalue weighted by Gasteiger charge is 2.43. The normalized spacial score (nSPS) is 18.1. The number of nitrogens with two attached hydrogens (primary N) is 1. The quantitative estimate of drug-likeness (QED) is 0.524. The first-order valence-corrected chi connectivity index (χ1v) is 10.7. The summed E-state index contributed by atoms with van der Waals surface area (Å²) in [5.41, 5.74) is 7.21. The van der Waals surface area contributed by atoms with Gasteiger partial charge in [-0.1, -0.05) is 49.2 Å². The highest BCUT2D eigenvalue weighted by atomic mass is 32.2. The number of hydrogen-bond acceptors (Lipinski definition) is 3. The van der Waals surface area contributed by atoms with Crippen molar-refractivity contribution in [1.29, 1.82) is 0 Å². The van der Waals surface area contributed by atoms with Crippen LogP contribution in [0.4, 0.5) is 10.1 Å². The zero-order chi connectivity index (χ0) is 19.7. The number of rotatable bonds is 7. The van der Waals surface area contributed by atoms with E-state index in [-0.39, 0.29) is 5.69 Å². The predicted molar refractivity (Wildman–Crippen MR) is 111 cm³/mol. The second-order valence-corrected chi connectivity index (χ2v) is 10.4. The van der Waals surface area contributed by atoms with E-state index in [4.69, 9.17) is 5.73 Å². The van der Waals surface area contributed by atoms with E-state index in [2.05, 4.69) is 4.72 Å². The van der Waals surface area contributed by atoms with E-state index < -0.39 is 27.5 Å². The number of halogens is 1. The Morgan fingerprint density at radius 2 is 1.78 bits per heavy atom. The van der Waals surface area contributed by atoms with Crippen LogP contribution in [-0.4, -0.2) is 9.30 Å². The summed E-state index contributed by atoms with van der Waals surface area (Å²) in [6, 6.07) is 14.9. The van der Waals surface area contributed by atoms with E-state index in [0.29, 0.717) is 0 Å². The van der Waals surface area contributed by atoms with E-state index >= 15 is 0 Å². The van der Waals surface area contributed by atoms with Crippen molar-refractivity contribution in [3.8, 4) is 0 Å². The lowest BCUT2D eigenvalue weighted by molar-refractivity contribution is 0.401. The van der Waals surface area contributed by atoms with Crippen LogP contribution in [0.3, 0.4) is 0 Å². The summed E-state index contributed by atoms with van der Waals surface area (Å²) in [4.78, 5) is 0. The van der Waals surface area contributed by atoms with Crippen LogP contribution in [0.25, 0.3) is 0 Å². The number of nitrogens with one attached hydrogen (secondary N) is 1. The fraction of sp³-hybridized carbons (Fsp3) is 0.455. The smallest absolute Gasteiger partial charge is 0.146 e. The Morgan fingerprint density at radius 1 is 1.11 bits per heavy atom. The van der Waals surface area contributed by atoms with Crippen molar-refractivity contribution in [3.05, 3.63) is 65.5 Å². The standard InChI is InChI=1S/C22H29FN2OS/c1-21(2,3)27(26)25-22(14-13-16-9-10-16,17-7-5-4-6-8-17)18-11-12-19(23)20(24)15-18/h4-8,11-12,15-16,25H,9-10,13-14,24H2,1-3H3/t22-,27-/m1/s1. The molecule has 1 aliphatic rings. The molecule has 1 saturated carbocycles. The van der Waals surface area contributed by atoms with Crippen LogP contribution in [0.5, 0.6) is 0 Å². The third-order valence-electron chi connectivity index (χ3n) is 5.20. The van der Waals surface area contributed by atoms with E-state index in [1.54, 1.807) is 12.1 Å². The molecule has 0 bridgehead atoms. The van der Waals surface area contributed by atoms with Gasteiger partial charge in [0, 0.05) is 11.4 Å². The van der Waals surface area contributed by atoms with Crippen LogP contribution in [-0.2, 0) is 16.9 Å². The van der Waals surface area contributed by atoms with Crippen molar-refractivity contribution < 1.29 is 8.94 Å². The van der Waals surface area contributed by atoms with Gasteiger partial charge in [-0.2, -0.15) is 0 Å². The Morgan fingerprint density at radius 3 is 2.33 bits per heavy atom. The molecule has 2 atom stereocenters. The molecular weight excluding hydrogens is 359 g/mol. The minimum Gasteiger partial charge on any atom is -0.598 e. The summed E-state index contributed by atoms with van der Waals surface area (Å²) in [7, 11) is 0. The van der Waals surface area contributed by atoms with Crippen LogP contribution in [0.1, 0.15) is 57.6 Å². The molecule has 0 amide bonds. The summed E-state index contributed by atoms with van der Waals surface area (Å²) < 4.78 is 30.0. The minimum atomic E-state index is -1.30. The highest BCUT2D eigenvalue weighted by Crippen LogP contribution is 2.42. The summed E-state index contributed by atoms with van der Waals surface area (Å²) >= 11 is -1.30. The molecule has 3 rings (SSSR count). The molecule has 0 unspecified atom stereocenters. The average Bonchev–Trinajstić information content (AvgIpc) is 3.45. The molecule has 0 radical (unpaired) electrons. The van der Waals surface area contributed by atoms with Gasteiger partial charge in [0.1, 0.15) is 16.1 Å². The van der Waals surface area contributed by atoms with Crippen molar-refractivity contribution in [2.75, 3.05) is 5.73 Å². The van der Waals surface area contributed by atoms with E-state index in [1.807, 2.05) is 51.1 Å². The van der Waals surface area contributed by atoms with Gasteiger partial charge in [0.2, 0.25) is 0 Å². The van der Waals surface area contributed by atoms with Gasteiger partial charge in [-0.05, 0) is 62.8 Å². The highest BCUT2D eigenvalue weighted by molar-refractivity contribution is 7.90. The molecule has 27 heavy (non-hydrogen) atoms. The van der Waals surface area contributed by atoms with Crippen molar-refractivity contribution in [3.63, 3.8) is 0 Å². The van der Waals surface area contributed by atoms with Crippen molar-refractivity contribution >= 4 is 17.0 Å². The van der Waals surface area contributed by atoms with Crippen LogP contribution < -0.4 is 10.5 Å². The van der Waals surface area contributed by atoms with Gasteiger partial charge < -0.3 is 10.3 Å². The molecular formula is C22H29FN2OS. The van der Waals surface area contributed by atoms with Gasteiger partial charge >= 0.3 is 0 Å². The van der Waals surface area contributed by atoms with Crippen molar-refractivity contribution in [1.82, 2.24) is 4.72 Å². The SMILES string of the molecule is CC(C)(C)[S@@+]([O-])N[C@](CCC1CC1)(c1ccccc1)c1ccc(F)c(N)c1. The predicted octanol–water partition coefficient (Wildman–Crippen LogP) is 4.89. The lowest BCUT2D eigenvalue weighted by Crippen LogP contribution is -2.52. The first-order chi connectivity index (χ1) is 12.7. The van der Waals surface area contributed by atoms with E-state index in [1.165, 1.54) is 18.9 Å². The topological polar surface area (TPSA) is 61.1 Å². The molecule has 1 aliphatic carbocycles. The molecule has 5 heteroatoms. The number of nitrogen functional groups attached to an aromatic ring is 1. The molecule has 1 fully saturated rings. The number of anilines is 1. The Bertz CT molecular complexity index is 774. The molecule has 3 N–H and O–H groups in total. The number of benzene rings is 2. The third-order valence-corrected chi connectivity index (χ3v) is 6.85. The molecule has 0 aromatic heterocycles. The molecule has 0 heterocycles. The number of hydrogen-bond donors (Lipinski definition) is 2. The zero-order valence-corrected chi connectivity index (χ0v) is 17.1.